The number of methoxy groups -OCH3 is 1. The monoisotopic (exact) mass is 290 g/mol. The summed E-state index contributed by atoms with van der Waals surface area (Å²) in [4.78, 5) is 11.8. The van der Waals surface area contributed by atoms with Crippen molar-refractivity contribution in [3.63, 3.8) is 0 Å². The second kappa shape index (κ2) is 7.46. The number of hydrogen-bond acceptors (Lipinski definition) is 3. The Morgan fingerprint density at radius 1 is 1.33 bits per heavy atom. The average molecular weight is 290 g/mol. The van der Waals surface area contributed by atoms with Gasteiger partial charge in [0.25, 0.3) is 5.91 Å². The first-order valence-corrected chi connectivity index (χ1v) is 7.84. The highest BCUT2D eigenvalue weighted by Crippen LogP contribution is 2.26. The maximum Gasteiger partial charge on any atom is 0.251 e. The lowest BCUT2D eigenvalue weighted by Crippen LogP contribution is -2.38. The second-order valence-electron chi connectivity index (χ2n) is 5.70. The van der Waals surface area contributed by atoms with Gasteiger partial charge in [0, 0.05) is 24.9 Å². The number of anilines is 1. The molecule has 2 unspecified atom stereocenters. The minimum absolute atomic E-state index is 0.0143. The van der Waals surface area contributed by atoms with Crippen molar-refractivity contribution in [1.82, 2.24) is 5.32 Å². The van der Waals surface area contributed by atoms with Crippen LogP contribution in [0.1, 0.15) is 48.5 Å². The van der Waals surface area contributed by atoms with Gasteiger partial charge < -0.3 is 15.4 Å². The largest absolute Gasteiger partial charge is 0.379 e. The summed E-state index contributed by atoms with van der Waals surface area (Å²) in [6, 6.07) is 6.18. The Labute approximate surface area is 127 Å². The van der Waals surface area contributed by atoms with E-state index in [0.29, 0.717) is 18.2 Å². The molecule has 0 heterocycles. The van der Waals surface area contributed by atoms with Crippen molar-refractivity contribution < 1.29 is 9.53 Å². The zero-order valence-electron chi connectivity index (χ0n) is 13.2. The minimum Gasteiger partial charge on any atom is -0.379 e. The van der Waals surface area contributed by atoms with E-state index in [0.717, 1.165) is 24.1 Å². The Balaban J connectivity index is 2.08. The topological polar surface area (TPSA) is 50.4 Å². The molecule has 1 aromatic carbocycles. The lowest BCUT2D eigenvalue weighted by Gasteiger charge is -2.32. The van der Waals surface area contributed by atoms with Gasteiger partial charge in [-0.05, 0) is 50.5 Å². The predicted octanol–water partition coefficient (Wildman–Crippen LogP) is 3.11. The Morgan fingerprint density at radius 3 is 2.76 bits per heavy atom. The molecule has 4 nitrogen and oxygen atoms in total. The Bertz CT molecular complexity index is 488. The first-order chi connectivity index (χ1) is 10.2. The van der Waals surface area contributed by atoms with E-state index in [4.69, 9.17) is 4.74 Å². The van der Waals surface area contributed by atoms with Crippen molar-refractivity contribution in [3.05, 3.63) is 29.3 Å². The molecule has 1 aliphatic carbocycles. The van der Waals surface area contributed by atoms with Crippen LogP contribution >= 0.6 is 0 Å². The van der Waals surface area contributed by atoms with E-state index in [1.54, 1.807) is 7.11 Å². The maximum atomic E-state index is 11.8. The third-order valence-corrected chi connectivity index (χ3v) is 4.17. The summed E-state index contributed by atoms with van der Waals surface area (Å²) >= 11 is 0. The Kier molecular flexibility index (Phi) is 5.62. The van der Waals surface area contributed by atoms with E-state index in [2.05, 4.69) is 10.6 Å². The highest BCUT2D eigenvalue weighted by atomic mass is 16.5. The quantitative estimate of drug-likeness (QED) is 0.876. The highest BCUT2D eigenvalue weighted by molar-refractivity contribution is 5.94. The number of rotatable bonds is 5. The van der Waals surface area contributed by atoms with E-state index in [1.165, 1.54) is 12.8 Å². The standard InChI is InChI=1S/C17H26N2O2/c1-4-18-17(20)13-9-10-14(12(2)11-13)19-15-7-5-6-8-16(15)21-3/h9-11,15-16,19H,4-8H2,1-3H3,(H,18,20). The molecule has 1 aromatic rings. The number of nitrogens with one attached hydrogen (secondary N) is 2. The van der Waals surface area contributed by atoms with Gasteiger partial charge in [0.15, 0.2) is 0 Å². The molecule has 4 heteroatoms. The molecule has 2 rings (SSSR count). The Hall–Kier alpha value is -1.55. The number of carbonyl (C=O) groups is 1. The van der Waals surface area contributed by atoms with E-state index < -0.39 is 0 Å². The highest BCUT2D eigenvalue weighted by Gasteiger charge is 2.25. The molecule has 2 N–H and O–H groups in total. The van der Waals surface area contributed by atoms with Crippen molar-refractivity contribution >= 4 is 11.6 Å². The summed E-state index contributed by atoms with van der Waals surface area (Å²) < 4.78 is 5.58. The fraction of sp³-hybridized carbons (Fsp3) is 0.588. The van der Waals surface area contributed by atoms with Crippen LogP contribution in [-0.2, 0) is 4.74 Å². The number of amides is 1. The van der Waals surface area contributed by atoms with Gasteiger partial charge in [-0.2, -0.15) is 0 Å². The van der Waals surface area contributed by atoms with Gasteiger partial charge in [-0.1, -0.05) is 12.8 Å². The Morgan fingerprint density at radius 2 is 2.10 bits per heavy atom. The van der Waals surface area contributed by atoms with Gasteiger partial charge in [0.05, 0.1) is 12.1 Å². The molecule has 1 aliphatic rings. The molecule has 21 heavy (non-hydrogen) atoms. The normalized spacial score (nSPS) is 21.9. The number of benzene rings is 1. The van der Waals surface area contributed by atoms with Crippen LogP contribution in [0.25, 0.3) is 0 Å². The summed E-state index contributed by atoms with van der Waals surface area (Å²) in [5, 5.41) is 6.42. The number of hydrogen-bond donors (Lipinski definition) is 2. The fourth-order valence-electron chi connectivity index (χ4n) is 2.97. The summed E-state index contributed by atoms with van der Waals surface area (Å²) in [5.74, 6) is -0.0143. The van der Waals surface area contributed by atoms with E-state index in [9.17, 15) is 4.79 Å². The van der Waals surface area contributed by atoms with Gasteiger partial charge in [0.1, 0.15) is 0 Å². The number of aryl methyl sites for hydroxylation is 1. The molecule has 1 saturated carbocycles. The molecule has 0 bridgehead atoms. The lowest BCUT2D eigenvalue weighted by molar-refractivity contribution is 0.0606. The van der Waals surface area contributed by atoms with Gasteiger partial charge in [-0.3, -0.25) is 4.79 Å². The van der Waals surface area contributed by atoms with Crippen LogP contribution < -0.4 is 10.6 Å². The lowest BCUT2D eigenvalue weighted by atomic mass is 9.92. The molecule has 1 fully saturated rings. The second-order valence-corrected chi connectivity index (χ2v) is 5.70. The summed E-state index contributed by atoms with van der Waals surface area (Å²) in [7, 11) is 1.79. The SMILES string of the molecule is CCNC(=O)c1ccc(NC2CCCCC2OC)c(C)c1. The predicted molar refractivity (Wildman–Crippen MR) is 85.9 cm³/mol. The zero-order chi connectivity index (χ0) is 15.2. The molecule has 0 aliphatic heterocycles. The van der Waals surface area contributed by atoms with Crippen LogP contribution in [0.5, 0.6) is 0 Å². The van der Waals surface area contributed by atoms with Crippen molar-refractivity contribution in [3.8, 4) is 0 Å². The third-order valence-electron chi connectivity index (χ3n) is 4.17. The van der Waals surface area contributed by atoms with Crippen LogP contribution in [0.2, 0.25) is 0 Å². The number of carbonyl (C=O) groups excluding carboxylic acids is 1. The van der Waals surface area contributed by atoms with Crippen LogP contribution in [0, 0.1) is 6.92 Å². The van der Waals surface area contributed by atoms with E-state index in [1.807, 2.05) is 32.0 Å². The van der Waals surface area contributed by atoms with Crippen LogP contribution in [-0.4, -0.2) is 31.7 Å². The zero-order valence-corrected chi connectivity index (χ0v) is 13.2. The third kappa shape index (κ3) is 3.97. The van der Waals surface area contributed by atoms with Gasteiger partial charge in [0.2, 0.25) is 0 Å². The minimum atomic E-state index is -0.0143. The molecule has 0 radical (unpaired) electrons. The van der Waals surface area contributed by atoms with Crippen LogP contribution in [0.15, 0.2) is 18.2 Å². The molecule has 0 aromatic heterocycles. The first-order valence-electron chi connectivity index (χ1n) is 7.84. The van der Waals surface area contributed by atoms with Crippen molar-refractivity contribution in [2.45, 2.75) is 51.7 Å². The molecule has 2 atom stereocenters. The van der Waals surface area contributed by atoms with Crippen molar-refractivity contribution in [2.75, 3.05) is 19.0 Å². The van der Waals surface area contributed by atoms with E-state index in [-0.39, 0.29) is 12.0 Å². The summed E-state index contributed by atoms with van der Waals surface area (Å²) in [5.41, 5.74) is 2.91. The van der Waals surface area contributed by atoms with Crippen molar-refractivity contribution in [1.29, 1.82) is 0 Å². The van der Waals surface area contributed by atoms with Crippen LogP contribution in [0.4, 0.5) is 5.69 Å². The summed E-state index contributed by atoms with van der Waals surface area (Å²) in [6.45, 7) is 4.61. The molecular formula is C17H26N2O2. The molecule has 1 amide bonds. The number of ether oxygens (including phenoxy) is 1. The first kappa shape index (κ1) is 15.8. The molecule has 116 valence electrons. The van der Waals surface area contributed by atoms with Gasteiger partial charge >= 0.3 is 0 Å². The molecular weight excluding hydrogens is 264 g/mol. The molecule has 0 saturated heterocycles. The smallest absolute Gasteiger partial charge is 0.251 e. The van der Waals surface area contributed by atoms with Crippen molar-refractivity contribution in [2.24, 2.45) is 0 Å². The van der Waals surface area contributed by atoms with Crippen LogP contribution in [0.3, 0.4) is 0 Å². The van der Waals surface area contributed by atoms with E-state index >= 15 is 0 Å². The summed E-state index contributed by atoms with van der Waals surface area (Å²) in [6.07, 6.45) is 5.01. The molecule has 0 spiro atoms. The average Bonchev–Trinajstić information content (AvgIpc) is 2.50. The fourth-order valence-corrected chi connectivity index (χ4v) is 2.97. The van der Waals surface area contributed by atoms with Gasteiger partial charge in [-0.15, -0.1) is 0 Å². The maximum absolute atomic E-state index is 11.8. The van der Waals surface area contributed by atoms with Gasteiger partial charge in [-0.25, -0.2) is 0 Å².